The van der Waals surface area contributed by atoms with Crippen LogP contribution in [-0.2, 0) is 9.53 Å². The van der Waals surface area contributed by atoms with E-state index in [0.717, 1.165) is 0 Å². The Morgan fingerprint density at radius 1 is 1.27 bits per heavy atom. The van der Waals surface area contributed by atoms with Gasteiger partial charge in [0.25, 0.3) is 0 Å². The Hall–Kier alpha value is -0.990. The third-order valence-corrected chi connectivity index (χ3v) is 5.13. The van der Waals surface area contributed by atoms with Gasteiger partial charge in [0.1, 0.15) is 11.6 Å². The second-order valence-electron chi connectivity index (χ2n) is 9.33. The lowest BCUT2D eigenvalue weighted by Gasteiger charge is -2.34. The summed E-state index contributed by atoms with van der Waals surface area (Å²) in [5.74, 6) is 0.610. The molecular formula is C18H35N3O4S. The molecule has 0 bridgehead atoms. The fraction of sp³-hybridized carbons (Fsp3) is 0.889. The number of thioether (sulfide) groups is 1. The number of aliphatic hydroxyl groups excluding tert-OH is 1. The first-order valence-electron chi connectivity index (χ1n) is 8.96. The Morgan fingerprint density at radius 2 is 1.85 bits per heavy atom. The van der Waals surface area contributed by atoms with Gasteiger partial charge in [0.2, 0.25) is 5.91 Å². The van der Waals surface area contributed by atoms with Crippen LogP contribution in [0.2, 0.25) is 0 Å². The number of ether oxygens (including phenoxy) is 1. The molecule has 0 spiro atoms. The first kappa shape index (κ1) is 23.0. The molecule has 0 aromatic carbocycles. The van der Waals surface area contributed by atoms with E-state index >= 15 is 0 Å². The number of aliphatic hydroxyl groups is 1. The van der Waals surface area contributed by atoms with Crippen LogP contribution in [0.1, 0.15) is 55.4 Å². The molecule has 3 N–H and O–H groups in total. The molecular weight excluding hydrogens is 354 g/mol. The number of carbonyl (C=O) groups excluding carboxylic acids is 2. The third-order valence-electron chi connectivity index (χ3n) is 3.70. The standard InChI is InChI=1S/C18H35N3O4S/c1-16(2,3)20-14(23)13-18(7,8)26-11-21(13)10-12(22)9-19-15(24)25-17(4,5)6/h12-13,22H,9-11H2,1-8H3,(H,19,24)(H,20,23)/t12-,13-/m1/s1. The molecule has 2 amide bonds. The van der Waals surface area contributed by atoms with Crippen molar-refractivity contribution in [3.05, 3.63) is 0 Å². The molecule has 0 saturated carbocycles. The molecule has 26 heavy (non-hydrogen) atoms. The summed E-state index contributed by atoms with van der Waals surface area (Å²) in [6, 6.07) is -0.345. The van der Waals surface area contributed by atoms with Crippen LogP contribution in [0.3, 0.4) is 0 Å². The number of amides is 2. The van der Waals surface area contributed by atoms with Gasteiger partial charge in [-0.3, -0.25) is 9.69 Å². The SMILES string of the molecule is CC(C)(C)NC(=O)[C@H]1N(C[C@H](O)CNC(=O)OC(C)(C)C)CSC1(C)C. The van der Waals surface area contributed by atoms with Gasteiger partial charge in [-0.05, 0) is 55.4 Å². The van der Waals surface area contributed by atoms with E-state index in [9.17, 15) is 14.7 Å². The largest absolute Gasteiger partial charge is 0.444 e. The quantitative estimate of drug-likeness (QED) is 0.666. The number of hydrogen-bond donors (Lipinski definition) is 3. The average molecular weight is 390 g/mol. The summed E-state index contributed by atoms with van der Waals surface area (Å²) in [6.45, 7) is 15.6. The van der Waals surface area contributed by atoms with E-state index < -0.39 is 17.8 Å². The molecule has 8 heteroatoms. The van der Waals surface area contributed by atoms with Crippen molar-refractivity contribution in [2.75, 3.05) is 19.0 Å². The number of β-amino-alcohol motifs (C(OH)–C–C–N with tert-alkyl or cyclic N) is 1. The maximum Gasteiger partial charge on any atom is 0.407 e. The zero-order valence-corrected chi connectivity index (χ0v) is 18.1. The van der Waals surface area contributed by atoms with Gasteiger partial charge < -0.3 is 20.5 Å². The van der Waals surface area contributed by atoms with Crippen LogP contribution >= 0.6 is 11.8 Å². The Labute approximate surface area is 161 Å². The fourth-order valence-corrected chi connectivity index (χ4v) is 3.94. The zero-order chi connectivity index (χ0) is 20.3. The summed E-state index contributed by atoms with van der Waals surface area (Å²) in [6.07, 6.45) is -1.35. The Morgan fingerprint density at radius 3 is 2.35 bits per heavy atom. The van der Waals surface area contributed by atoms with E-state index in [0.29, 0.717) is 12.4 Å². The van der Waals surface area contributed by atoms with E-state index in [-0.39, 0.29) is 28.8 Å². The molecule has 2 atom stereocenters. The van der Waals surface area contributed by atoms with E-state index in [1.165, 1.54) is 0 Å². The molecule has 1 fully saturated rings. The lowest BCUT2D eigenvalue weighted by atomic mass is 9.98. The maximum absolute atomic E-state index is 12.8. The molecule has 0 unspecified atom stereocenters. The minimum atomic E-state index is -0.790. The highest BCUT2D eigenvalue weighted by atomic mass is 32.2. The van der Waals surface area contributed by atoms with Crippen molar-refractivity contribution in [1.29, 1.82) is 0 Å². The molecule has 152 valence electrons. The van der Waals surface area contributed by atoms with Crippen molar-refractivity contribution in [3.8, 4) is 0 Å². The van der Waals surface area contributed by atoms with Gasteiger partial charge in [-0.25, -0.2) is 4.79 Å². The van der Waals surface area contributed by atoms with E-state index in [1.807, 2.05) is 39.5 Å². The van der Waals surface area contributed by atoms with Crippen molar-refractivity contribution in [1.82, 2.24) is 15.5 Å². The average Bonchev–Trinajstić information content (AvgIpc) is 2.67. The van der Waals surface area contributed by atoms with Crippen LogP contribution < -0.4 is 10.6 Å². The molecule has 1 heterocycles. The van der Waals surface area contributed by atoms with Crippen LogP contribution in [0.25, 0.3) is 0 Å². The van der Waals surface area contributed by atoms with Crippen molar-refractivity contribution in [2.45, 2.75) is 83.4 Å². The normalized spacial score (nSPS) is 22.0. The van der Waals surface area contributed by atoms with Gasteiger partial charge in [-0.15, -0.1) is 11.8 Å². The maximum atomic E-state index is 12.8. The Balaban J connectivity index is 2.63. The van der Waals surface area contributed by atoms with Gasteiger partial charge in [0, 0.05) is 29.3 Å². The Bertz CT molecular complexity index is 512. The molecule has 0 radical (unpaired) electrons. The van der Waals surface area contributed by atoms with E-state index in [1.54, 1.807) is 32.5 Å². The fourth-order valence-electron chi connectivity index (χ4n) is 2.77. The molecule has 1 rings (SSSR count). The van der Waals surface area contributed by atoms with Gasteiger partial charge >= 0.3 is 6.09 Å². The van der Waals surface area contributed by atoms with Crippen molar-refractivity contribution < 1.29 is 19.4 Å². The number of nitrogens with one attached hydrogen (secondary N) is 2. The van der Waals surface area contributed by atoms with E-state index in [2.05, 4.69) is 10.6 Å². The third kappa shape index (κ3) is 7.72. The van der Waals surface area contributed by atoms with Gasteiger partial charge in [0.15, 0.2) is 0 Å². The van der Waals surface area contributed by atoms with Gasteiger partial charge in [0.05, 0.1) is 6.10 Å². The first-order valence-corrected chi connectivity index (χ1v) is 9.94. The summed E-state index contributed by atoms with van der Waals surface area (Å²) in [7, 11) is 0. The van der Waals surface area contributed by atoms with Crippen LogP contribution in [0.4, 0.5) is 4.79 Å². The van der Waals surface area contributed by atoms with E-state index in [4.69, 9.17) is 4.74 Å². The zero-order valence-electron chi connectivity index (χ0n) is 17.3. The molecule has 0 aliphatic carbocycles. The lowest BCUT2D eigenvalue weighted by Crippen LogP contribution is -2.57. The topological polar surface area (TPSA) is 90.9 Å². The van der Waals surface area contributed by atoms with Crippen LogP contribution in [0.5, 0.6) is 0 Å². The number of hydrogen-bond acceptors (Lipinski definition) is 6. The van der Waals surface area contributed by atoms with Gasteiger partial charge in [-0.2, -0.15) is 0 Å². The number of carbonyl (C=O) groups is 2. The smallest absolute Gasteiger partial charge is 0.407 e. The summed E-state index contributed by atoms with van der Waals surface area (Å²) < 4.78 is 4.91. The first-order chi connectivity index (χ1) is 11.6. The van der Waals surface area contributed by atoms with Gasteiger partial charge in [-0.1, -0.05) is 0 Å². The summed E-state index contributed by atoms with van der Waals surface area (Å²) >= 11 is 1.69. The Kier molecular flexibility index (Phi) is 7.41. The predicted octanol–water partition coefficient (Wildman–Crippen LogP) is 1.94. The van der Waals surface area contributed by atoms with Crippen LogP contribution in [0.15, 0.2) is 0 Å². The minimum absolute atomic E-state index is 0.0419. The predicted molar refractivity (Wildman–Crippen MR) is 105 cm³/mol. The van der Waals surface area contributed by atoms with Crippen LogP contribution in [0, 0.1) is 0 Å². The number of nitrogens with zero attached hydrogens (tertiary/aromatic N) is 1. The second kappa shape index (κ2) is 8.35. The monoisotopic (exact) mass is 389 g/mol. The number of rotatable bonds is 5. The molecule has 1 aliphatic heterocycles. The summed E-state index contributed by atoms with van der Waals surface area (Å²) in [5.41, 5.74) is -0.899. The highest BCUT2D eigenvalue weighted by molar-refractivity contribution is 8.00. The van der Waals surface area contributed by atoms with Crippen LogP contribution in [-0.4, -0.2) is 69.0 Å². The lowest BCUT2D eigenvalue weighted by molar-refractivity contribution is -0.128. The summed E-state index contributed by atoms with van der Waals surface area (Å²) in [4.78, 5) is 26.4. The molecule has 1 saturated heterocycles. The molecule has 0 aromatic heterocycles. The number of alkyl carbamates (subject to hydrolysis) is 1. The van der Waals surface area contributed by atoms with Crippen molar-refractivity contribution in [3.63, 3.8) is 0 Å². The molecule has 1 aliphatic rings. The summed E-state index contributed by atoms with van der Waals surface area (Å²) in [5, 5.41) is 15.9. The highest BCUT2D eigenvalue weighted by Crippen LogP contribution is 2.39. The van der Waals surface area contributed by atoms with Crippen molar-refractivity contribution in [2.24, 2.45) is 0 Å². The van der Waals surface area contributed by atoms with Crippen molar-refractivity contribution >= 4 is 23.8 Å². The molecule has 7 nitrogen and oxygen atoms in total. The second-order valence-corrected chi connectivity index (χ2v) is 10.9. The highest BCUT2D eigenvalue weighted by Gasteiger charge is 2.46. The minimum Gasteiger partial charge on any atom is -0.444 e. The molecule has 0 aromatic rings.